The highest BCUT2D eigenvalue weighted by Gasteiger charge is 2.12. The van der Waals surface area contributed by atoms with Gasteiger partial charge in [-0.15, -0.1) is 6.42 Å². The Balaban J connectivity index is 2.48. The van der Waals surface area contributed by atoms with Crippen molar-refractivity contribution in [3.8, 4) is 12.3 Å². The molecule has 0 atom stereocenters. The minimum Gasteiger partial charge on any atom is -0.381 e. The Morgan fingerprint density at radius 1 is 1.28 bits per heavy atom. The van der Waals surface area contributed by atoms with Crippen molar-refractivity contribution in [3.63, 3.8) is 0 Å². The molecule has 0 saturated heterocycles. The van der Waals surface area contributed by atoms with Crippen molar-refractivity contribution >= 4 is 22.7 Å². The lowest BCUT2D eigenvalue weighted by atomic mass is 10.3. The van der Waals surface area contributed by atoms with E-state index >= 15 is 0 Å². The molecule has 2 aromatic rings. The molecular formula is C14H16N4. The van der Waals surface area contributed by atoms with E-state index in [-0.39, 0.29) is 0 Å². The monoisotopic (exact) mass is 240 g/mol. The van der Waals surface area contributed by atoms with Gasteiger partial charge in [-0.05, 0) is 18.6 Å². The standard InChI is InChI=1S/C14H16N4/c1-3-9-18(10-4-2)14-13(15)16-11-7-5-6-8-12(11)17-14/h1,5-8H,4,9-10H2,2H3,(H2,15,16). The number of hydrogen-bond donors (Lipinski definition) is 1. The van der Waals surface area contributed by atoms with Gasteiger partial charge >= 0.3 is 0 Å². The van der Waals surface area contributed by atoms with E-state index in [0.29, 0.717) is 18.2 Å². The molecule has 0 fully saturated rings. The van der Waals surface area contributed by atoms with E-state index in [0.717, 1.165) is 24.0 Å². The summed E-state index contributed by atoms with van der Waals surface area (Å²) < 4.78 is 0. The number of nitrogen functional groups attached to an aromatic ring is 1. The van der Waals surface area contributed by atoms with Gasteiger partial charge in [-0.2, -0.15) is 0 Å². The fourth-order valence-electron chi connectivity index (χ4n) is 1.88. The molecule has 0 aliphatic rings. The third-order valence-corrected chi connectivity index (χ3v) is 2.65. The molecule has 92 valence electrons. The van der Waals surface area contributed by atoms with Crippen molar-refractivity contribution in [2.75, 3.05) is 23.7 Å². The summed E-state index contributed by atoms with van der Waals surface area (Å²) in [6, 6.07) is 7.67. The van der Waals surface area contributed by atoms with E-state index in [4.69, 9.17) is 12.2 Å². The fourth-order valence-corrected chi connectivity index (χ4v) is 1.88. The summed E-state index contributed by atoms with van der Waals surface area (Å²) in [5.41, 5.74) is 7.60. The average Bonchev–Trinajstić information content (AvgIpc) is 2.38. The Bertz CT molecular complexity index is 586. The van der Waals surface area contributed by atoms with Crippen LogP contribution in [0, 0.1) is 12.3 Å². The fraction of sp³-hybridized carbons (Fsp3) is 0.286. The zero-order valence-corrected chi connectivity index (χ0v) is 10.4. The number of terminal acetylenes is 1. The van der Waals surface area contributed by atoms with Crippen LogP contribution in [0.25, 0.3) is 11.0 Å². The Kier molecular flexibility index (Phi) is 3.63. The molecule has 1 heterocycles. The van der Waals surface area contributed by atoms with Crippen LogP contribution in [0.2, 0.25) is 0 Å². The number of para-hydroxylation sites is 2. The van der Waals surface area contributed by atoms with Crippen LogP contribution in [0.3, 0.4) is 0 Å². The normalized spacial score (nSPS) is 10.2. The molecule has 1 aromatic carbocycles. The Morgan fingerprint density at radius 2 is 1.94 bits per heavy atom. The number of benzene rings is 1. The van der Waals surface area contributed by atoms with E-state index in [1.165, 1.54) is 0 Å². The van der Waals surface area contributed by atoms with Crippen LogP contribution in [0.4, 0.5) is 11.6 Å². The molecule has 0 saturated carbocycles. The highest BCUT2D eigenvalue weighted by atomic mass is 15.2. The summed E-state index contributed by atoms with van der Waals surface area (Å²) in [6.45, 7) is 3.40. The number of rotatable bonds is 4. The second-order valence-electron chi connectivity index (χ2n) is 4.05. The van der Waals surface area contributed by atoms with Crippen molar-refractivity contribution < 1.29 is 0 Å². The van der Waals surface area contributed by atoms with E-state index < -0.39 is 0 Å². The van der Waals surface area contributed by atoms with Crippen molar-refractivity contribution in [1.29, 1.82) is 0 Å². The van der Waals surface area contributed by atoms with Crippen LogP contribution in [-0.4, -0.2) is 23.1 Å². The second kappa shape index (κ2) is 5.37. The van der Waals surface area contributed by atoms with Crippen LogP contribution >= 0.6 is 0 Å². The molecule has 0 spiro atoms. The Labute approximate surface area is 107 Å². The summed E-state index contributed by atoms with van der Waals surface area (Å²) in [5.74, 6) is 3.73. The average molecular weight is 240 g/mol. The van der Waals surface area contributed by atoms with Gasteiger partial charge in [0.25, 0.3) is 0 Å². The molecule has 2 rings (SSSR count). The first-order valence-electron chi connectivity index (χ1n) is 5.97. The first-order chi connectivity index (χ1) is 8.76. The summed E-state index contributed by atoms with van der Waals surface area (Å²) in [5, 5.41) is 0. The minimum absolute atomic E-state index is 0.428. The third kappa shape index (κ3) is 2.35. The maximum Gasteiger partial charge on any atom is 0.172 e. The van der Waals surface area contributed by atoms with Gasteiger partial charge in [-0.25, -0.2) is 9.97 Å². The zero-order valence-electron chi connectivity index (χ0n) is 10.4. The van der Waals surface area contributed by atoms with Gasteiger partial charge in [0.2, 0.25) is 0 Å². The van der Waals surface area contributed by atoms with Gasteiger partial charge in [0.15, 0.2) is 11.6 Å². The number of fused-ring (bicyclic) bond motifs is 1. The predicted octanol–water partition coefficient (Wildman–Crippen LogP) is 2.06. The van der Waals surface area contributed by atoms with E-state index in [2.05, 4.69) is 22.8 Å². The van der Waals surface area contributed by atoms with Crippen molar-refractivity contribution in [1.82, 2.24) is 9.97 Å². The lowest BCUT2D eigenvalue weighted by molar-refractivity contribution is 0.810. The smallest absolute Gasteiger partial charge is 0.172 e. The summed E-state index contributed by atoms with van der Waals surface area (Å²) in [4.78, 5) is 10.9. The summed E-state index contributed by atoms with van der Waals surface area (Å²) in [6.07, 6.45) is 6.36. The number of hydrogen-bond acceptors (Lipinski definition) is 4. The molecule has 4 heteroatoms. The zero-order chi connectivity index (χ0) is 13.0. The van der Waals surface area contributed by atoms with Crippen LogP contribution in [0.5, 0.6) is 0 Å². The number of nitrogens with two attached hydrogens (primary N) is 1. The minimum atomic E-state index is 0.428. The lowest BCUT2D eigenvalue weighted by Gasteiger charge is -2.21. The number of aromatic nitrogens is 2. The van der Waals surface area contributed by atoms with E-state index in [1.54, 1.807) is 0 Å². The molecule has 0 unspecified atom stereocenters. The SMILES string of the molecule is C#CCN(CCC)c1nc2ccccc2nc1N. The Morgan fingerprint density at radius 3 is 2.56 bits per heavy atom. The molecule has 0 bridgehead atoms. The van der Waals surface area contributed by atoms with Gasteiger partial charge in [0, 0.05) is 6.54 Å². The molecule has 1 aromatic heterocycles. The molecule has 2 N–H and O–H groups in total. The van der Waals surface area contributed by atoms with Crippen molar-refractivity contribution in [2.45, 2.75) is 13.3 Å². The first kappa shape index (κ1) is 12.2. The van der Waals surface area contributed by atoms with Gasteiger partial charge in [0.05, 0.1) is 17.6 Å². The van der Waals surface area contributed by atoms with Crippen LogP contribution in [0.15, 0.2) is 24.3 Å². The molecule has 4 nitrogen and oxygen atoms in total. The summed E-state index contributed by atoms with van der Waals surface area (Å²) >= 11 is 0. The topological polar surface area (TPSA) is 55.0 Å². The van der Waals surface area contributed by atoms with Crippen molar-refractivity contribution in [3.05, 3.63) is 24.3 Å². The van der Waals surface area contributed by atoms with Gasteiger partial charge in [-0.1, -0.05) is 25.0 Å². The molecule has 0 aliphatic heterocycles. The number of nitrogens with zero attached hydrogens (tertiary/aromatic N) is 3. The number of anilines is 2. The largest absolute Gasteiger partial charge is 0.381 e. The van der Waals surface area contributed by atoms with Gasteiger partial charge in [0.1, 0.15) is 0 Å². The maximum absolute atomic E-state index is 5.96. The van der Waals surface area contributed by atoms with Crippen LogP contribution < -0.4 is 10.6 Å². The lowest BCUT2D eigenvalue weighted by Crippen LogP contribution is -2.26. The van der Waals surface area contributed by atoms with Gasteiger partial charge < -0.3 is 10.6 Å². The molecule has 0 aliphatic carbocycles. The highest BCUT2D eigenvalue weighted by molar-refractivity contribution is 5.79. The van der Waals surface area contributed by atoms with E-state index in [9.17, 15) is 0 Å². The second-order valence-corrected chi connectivity index (χ2v) is 4.05. The third-order valence-electron chi connectivity index (χ3n) is 2.65. The Hall–Kier alpha value is -2.28. The molecule has 18 heavy (non-hydrogen) atoms. The van der Waals surface area contributed by atoms with E-state index in [1.807, 2.05) is 29.2 Å². The van der Waals surface area contributed by atoms with Gasteiger partial charge in [-0.3, -0.25) is 0 Å². The van der Waals surface area contributed by atoms with Crippen molar-refractivity contribution in [2.24, 2.45) is 0 Å². The molecule has 0 radical (unpaired) electrons. The first-order valence-corrected chi connectivity index (χ1v) is 5.97. The molecular weight excluding hydrogens is 224 g/mol. The maximum atomic E-state index is 5.96. The quantitative estimate of drug-likeness (QED) is 0.831. The van der Waals surface area contributed by atoms with Crippen LogP contribution in [0.1, 0.15) is 13.3 Å². The predicted molar refractivity (Wildman–Crippen MR) is 75.3 cm³/mol. The highest BCUT2D eigenvalue weighted by Crippen LogP contribution is 2.22. The summed E-state index contributed by atoms with van der Waals surface area (Å²) in [7, 11) is 0. The van der Waals surface area contributed by atoms with Crippen LogP contribution in [-0.2, 0) is 0 Å². The molecule has 0 amide bonds.